The maximum absolute atomic E-state index is 12.6. The van der Waals surface area contributed by atoms with Crippen LogP contribution in [0.25, 0.3) is 0 Å². The average molecular weight is 292 g/mol. The quantitative estimate of drug-likeness (QED) is 0.678. The van der Waals surface area contributed by atoms with Gasteiger partial charge in [0.25, 0.3) is 11.6 Å². The minimum Gasteiger partial charge on any atom is -0.480 e. The molecule has 2 rings (SSSR count). The molecule has 1 fully saturated rings. The maximum atomic E-state index is 12.6. The summed E-state index contributed by atoms with van der Waals surface area (Å²) in [4.78, 5) is 35.7. The number of carbonyl (C=O) groups excluding carboxylic acids is 1. The zero-order chi connectivity index (χ0) is 15.8. The molecule has 1 amide bonds. The molecule has 0 aromatic heterocycles. The molecule has 0 aliphatic carbocycles. The highest BCUT2D eigenvalue weighted by Crippen LogP contribution is 2.32. The summed E-state index contributed by atoms with van der Waals surface area (Å²) in [5.41, 5.74) is -0.964. The van der Waals surface area contributed by atoms with Gasteiger partial charge in [-0.25, -0.2) is 4.79 Å². The summed E-state index contributed by atoms with van der Waals surface area (Å²) >= 11 is 0. The molecule has 1 atom stereocenters. The van der Waals surface area contributed by atoms with Crippen molar-refractivity contribution in [3.05, 3.63) is 39.4 Å². The van der Waals surface area contributed by atoms with E-state index in [1.165, 1.54) is 24.0 Å². The van der Waals surface area contributed by atoms with Gasteiger partial charge in [-0.1, -0.05) is 6.07 Å². The van der Waals surface area contributed by atoms with E-state index in [1.807, 2.05) is 0 Å². The molecule has 21 heavy (non-hydrogen) atoms. The van der Waals surface area contributed by atoms with Crippen LogP contribution in [0.2, 0.25) is 0 Å². The van der Waals surface area contributed by atoms with E-state index in [0.29, 0.717) is 18.4 Å². The number of nitro benzene ring substituents is 1. The number of aryl methyl sites for hydroxylation is 1. The van der Waals surface area contributed by atoms with Gasteiger partial charge in [0.15, 0.2) is 0 Å². The second-order valence-corrected chi connectivity index (χ2v) is 5.42. The molecule has 1 unspecified atom stereocenters. The highest BCUT2D eigenvalue weighted by atomic mass is 16.6. The van der Waals surface area contributed by atoms with E-state index in [1.54, 1.807) is 13.0 Å². The Morgan fingerprint density at radius 1 is 1.43 bits per heavy atom. The molecule has 0 spiro atoms. The minimum absolute atomic E-state index is 0.0608. The Labute approximate surface area is 121 Å². The van der Waals surface area contributed by atoms with Crippen LogP contribution in [0.5, 0.6) is 0 Å². The summed E-state index contributed by atoms with van der Waals surface area (Å²) in [7, 11) is 0. The monoisotopic (exact) mass is 292 g/mol. The first-order valence-electron chi connectivity index (χ1n) is 6.58. The van der Waals surface area contributed by atoms with Crippen LogP contribution < -0.4 is 0 Å². The highest BCUT2D eigenvalue weighted by molar-refractivity contribution is 6.01. The predicted molar refractivity (Wildman–Crippen MR) is 74.1 cm³/mol. The van der Waals surface area contributed by atoms with Gasteiger partial charge in [-0.05, 0) is 38.3 Å². The van der Waals surface area contributed by atoms with Gasteiger partial charge in [0.2, 0.25) is 0 Å². The van der Waals surface area contributed by atoms with E-state index in [0.717, 1.165) is 0 Å². The number of nitrogens with zero attached hydrogens (tertiary/aromatic N) is 2. The van der Waals surface area contributed by atoms with Gasteiger partial charge in [0, 0.05) is 12.6 Å². The summed E-state index contributed by atoms with van der Waals surface area (Å²) in [5.74, 6) is -1.70. The average Bonchev–Trinajstić information content (AvgIpc) is 2.81. The number of hydrogen-bond donors (Lipinski definition) is 1. The fourth-order valence-electron chi connectivity index (χ4n) is 2.64. The van der Waals surface area contributed by atoms with Gasteiger partial charge >= 0.3 is 5.97 Å². The van der Waals surface area contributed by atoms with Crippen molar-refractivity contribution < 1.29 is 19.6 Å². The molecule has 1 aromatic rings. The topological polar surface area (TPSA) is 101 Å². The van der Waals surface area contributed by atoms with E-state index >= 15 is 0 Å². The first kappa shape index (κ1) is 15.0. The Kier molecular flexibility index (Phi) is 3.67. The standard InChI is InChI=1S/C14H16N2O5/c1-9-4-5-11(16(20)21)10(8-9)12(17)15-7-3-6-14(15,2)13(18)19/h4-5,8H,3,6-7H2,1-2H3,(H,18,19). The van der Waals surface area contributed by atoms with Crippen molar-refractivity contribution in [2.24, 2.45) is 0 Å². The number of hydrogen-bond acceptors (Lipinski definition) is 4. The van der Waals surface area contributed by atoms with Crippen LogP contribution in [-0.4, -0.2) is 38.9 Å². The zero-order valence-corrected chi connectivity index (χ0v) is 11.8. The van der Waals surface area contributed by atoms with Crippen molar-refractivity contribution in [3.8, 4) is 0 Å². The van der Waals surface area contributed by atoms with Gasteiger partial charge in [-0.15, -0.1) is 0 Å². The van der Waals surface area contributed by atoms with Crippen molar-refractivity contribution in [1.82, 2.24) is 4.90 Å². The van der Waals surface area contributed by atoms with Crippen LogP contribution in [0.4, 0.5) is 5.69 Å². The third-order valence-electron chi connectivity index (χ3n) is 3.93. The number of carboxylic acids is 1. The van der Waals surface area contributed by atoms with Crippen LogP contribution >= 0.6 is 0 Å². The van der Waals surface area contributed by atoms with Crippen LogP contribution in [0, 0.1) is 17.0 Å². The summed E-state index contributed by atoms with van der Waals surface area (Å²) in [6, 6.07) is 4.26. The number of likely N-dealkylation sites (tertiary alicyclic amines) is 1. The smallest absolute Gasteiger partial charge is 0.329 e. The third kappa shape index (κ3) is 2.46. The number of aliphatic carboxylic acids is 1. The molecule has 7 nitrogen and oxygen atoms in total. The number of nitro groups is 1. The Bertz CT molecular complexity index is 628. The molecule has 112 valence electrons. The van der Waals surface area contributed by atoms with E-state index in [4.69, 9.17) is 0 Å². The van der Waals surface area contributed by atoms with Gasteiger partial charge in [-0.3, -0.25) is 14.9 Å². The first-order valence-corrected chi connectivity index (χ1v) is 6.58. The van der Waals surface area contributed by atoms with E-state index < -0.39 is 22.3 Å². The summed E-state index contributed by atoms with van der Waals surface area (Å²) in [6.45, 7) is 3.48. The molecule has 1 N–H and O–H groups in total. The lowest BCUT2D eigenvalue weighted by Gasteiger charge is -2.31. The molecule has 1 saturated heterocycles. The van der Waals surface area contributed by atoms with Crippen molar-refractivity contribution in [1.29, 1.82) is 0 Å². The molecule has 1 aliphatic rings. The van der Waals surface area contributed by atoms with Crippen molar-refractivity contribution in [2.45, 2.75) is 32.2 Å². The van der Waals surface area contributed by atoms with Crippen LogP contribution in [0.1, 0.15) is 35.7 Å². The maximum Gasteiger partial charge on any atom is 0.329 e. The normalized spacial score (nSPS) is 21.3. The third-order valence-corrected chi connectivity index (χ3v) is 3.93. The predicted octanol–water partition coefficient (Wildman–Crippen LogP) is 1.98. The number of carbonyl (C=O) groups is 2. The van der Waals surface area contributed by atoms with E-state index in [-0.39, 0.29) is 17.8 Å². The van der Waals surface area contributed by atoms with E-state index in [2.05, 4.69) is 0 Å². The van der Waals surface area contributed by atoms with Crippen LogP contribution in [0.15, 0.2) is 18.2 Å². The minimum atomic E-state index is -1.31. The Morgan fingerprint density at radius 3 is 2.67 bits per heavy atom. The van der Waals surface area contributed by atoms with Crippen LogP contribution in [0.3, 0.4) is 0 Å². The lowest BCUT2D eigenvalue weighted by molar-refractivity contribution is -0.385. The van der Waals surface area contributed by atoms with Gasteiger partial charge in [-0.2, -0.15) is 0 Å². The molecule has 0 radical (unpaired) electrons. The van der Waals surface area contributed by atoms with Gasteiger partial charge < -0.3 is 10.0 Å². The lowest BCUT2D eigenvalue weighted by Crippen LogP contribution is -2.50. The van der Waals surface area contributed by atoms with Crippen LogP contribution in [-0.2, 0) is 4.79 Å². The Hall–Kier alpha value is -2.44. The zero-order valence-electron chi connectivity index (χ0n) is 11.8. The van der Waals surface area contributed by atoms with Crippen molar-refractivity contribution in [2.75, 3.05) is 6.54 Å². The molecular weight excluding hydrogens is 276 g/mol. The van der Waals surface area contributed by atoms with E-state index in [9.17, 15) is 24.8 Å². The Morgan fingerprint density at radius 2 is 2.10 bits per heavy atom. The lowest BCUT2D eigenvalue weighted by atomic mass is 9.98. The molecule has 0 bridgehead atoms. The molecule has 7 heteroatoms. The Balaban J connectivity index is 2.47. The van der Waals surface area contributed by atoms with Crippen molar-refractivity contribution in [3.63, 3.8) is 0 Å². The summed E-state index contributed by atoms with van der Waals surface area (Å²) in [6.07, 6.45) is 0.905. The molecular formula is C14H16N2O5. The number of amides is 1. The SMILES string of the molecule is Cc1ccc([N+](=O)[O-])c(C(=O)N2CCCC2(C)C(=O)O)c1. The summed E-state index contributed by atoms with van der Waals surface area (Å²) in [5, 5.41) is 20.4. The largest absolute Gasteiger partial charge is 0.480 e. The second kappa shape index (κ2) is 5.16. The fourth-order valence-corrected chi connectivity index (χ4v) is 2.64. The molecule has 1 aliphatic heterocycles. The van der Waals surface area contributed by atoms with Gasteiger partial charge in [0.05, 0.1) is 4.92 Å². The van der Waals surface area contributed by atoms with Gasteiger partial charge in [0.1, 0.15) is 11.1 Å². The number of carboxylic acid groups (broad SMARTS) is 1. The number of benzene rings is 1. The molecule has 1 heterocycles. The first-order chi connectivity index (χ1) is 9.77. The summed E-state index contributed by atoms with van der Waals surface area (Å²) < 4.78 is 0. The number of rotatable bonds is 3. The highest BCUT2D eigenvalue weighted by Gasteiger charge is 2.47. The fraction of sp³-hybridized carbons (Fsp3) is 0.429. The molecule has 1 aromatic carbocycles. The van der Waals surface area contributed by atoms with Crippen molar-refractivity contribution >= 4 is 17.6 Å². The molecule has 0 saturated carbocycles. The second-order valence-electron chi connectivity index (χ2n) is 5.42.